The lowest BCUT2D eigenvalue weighted by Gasteiger charge is -2.25. The molecule has 2 N–H and O–H groups in total. The monoisotopic (exact) mass is 342 g/mol. The van der Waals surface area contributed by atoms with Crippen LogP contribution in [0.4, 0.5) is 0 Å². The largest absolute Gasteiger partial charge is 0.484 e. The average Bonchev–Trinajstić information content (AvgIpc) is 3.12. The fourth-order valence-electron chi connectivity index (χ4n) is 3.49. The lowest BCUT2D eigenvalue weighted by Crippen LogP contribution is -2.33. The summed E-state index contributed by atoms with van der Waals surface area (Å²) in [6.07, 6.45) is 2.40. The molecule has 0 bridgehead atoms. The molecule has 1 saturated heterocycles. The van der Waals surface area contributed by atoms with Gasteiger partial charge >= 0.3 is 0 Å². The molecule has 6 nitrogen and oxygen atoms in total. The molecule has 6 heteroatoms. The molecule has 1 amide bonds. The second kappa shape index (κ2) is 7.70. The first kappa shape index (κ1) is 17.5. The minimum atomic E-state index is -0.463. The second-order valence-electron chi connectivity index (χ2n) is 6.78. The summed E-state index contributed by atoms with van der Waals surface area (Å²) in [5, 5.41) is 4.60. The third kappa shape index (κ3) is 4.60. The Kier molecular flexibility index (Phi) is 5.38. The van der Waals surface area contributed by atoms with E-state index in [9.17, 15) is 4.79 Å². The number of primary amides is 1. The van der Waals surface area contributed by atoms with Gasteiger partial charge in [-0.1, -0.05) is 12.1 Å². The van der Waals surface area contributed by atoms with E-state index in [-0.39, 0.29) is 6.61 Å². The fourth-order valence-corrected chi connectivity index (χ4v) is 3.49. The molecule has 25 heavy (non-hydrogen) atoms. The van der Waals surface area contributed by atoms with Gasteiger partial charge in [-0.3, -0.25) is 14.4 Å². The molecule has 0 spiro atoms. The van der Waals surface area contributed by atoms with Crippen molar-refractivity contribution in [3.63, 3.8) is 0 Å². The van der Waals surface area contributed by atoms with Crippen LogP contribution in [0.5, 0.6) is 5.75 Å². The number of amides is 1. The van der Waals surface area contributed by atoms with Crippen LogP contribution in [0, 0.1) is 13.8 Å². The predicted octanol–water partition coefficient (Wildman–Crippen LogP) is 2.03. The second-order valence-corrected chi connectivity index (χ2v) is 6.78. The van der Waals surface area contributed by atoms with Gasteiger partial charge in [0.15, 0.2) is 6.61 Å². The van der Waals surface area contributed by atoms with Crippen LogP contribution in [0.25, 0.3) is 0 Å². The molecule has 1 aliphatic rings. The number of rotatable bonds is 7. The lowest BCUT2D eigenvalue weighted by atomic mass is 10.1. The van der Waals surface area contributed by atoms with Gasteiger partial charge in [0, 0.05) is 18.3 Å². The summed E-state index contributed by atoms with van der Waals surface area (Å²) in [5.41, 5.74) is 8.60. The molecule has 134 valence electrons. The van der Waals surface area contributed by atoms with Gasteiger partial charge in [0.25, 0.3) is 5.91 Å². The Hall–Kier alpha value is -2.34. The molecular formula is C19H26N4O2. The van der Waals surface area contributed by atoms with Crippen molar-refractivity contribution in [1.29, 1.82) is 0 Å². The molecule has 2 aromatic rings. The van der Waals surface area contributed by atoms with E-state index in [2.05, 4.69) is 33.7 Å². The molecule has 1 aliphatic heterocycles. The van der Waals surface area contributed by atoms with E-state index < -0.39 is 5.91 Å². The Labute approximate surface area is 148 Å². The number of benzene rings is 1. The minimum absolute atomic E-state index is 0.0896. The topological polar surface area (TPSA) is 73.4 Å². The first-order chi connectivity index (χ1) is 12.0. The Morgan fingerprint density at radius 2 is 2.20 bits per heavy atom. The van der Waals surface area contributed by atoms with Gasteiger partial charge in [-0.05, 0) is 57.0 Å². The van der Waals surface area contributed by atoms with E-state index in [0.29, 0.717) is 11.8 Å². The van der Waals surface area contributed by atoms with E-state index in [1.165, 1.54) is 24.1 Å². The molecular weight excluding hydrogens is 316 g/mol. The van der Waals surface area contributed by atoms with E-state index in [4.69, 9.17) is 10.5 Å². The molecule has 0 radical (unpaired) electrons. The molecule has 1 atom stereocenters. The van der Waals surface area contributed by atoms with Crippen molar-refractivity contribution < 1.29 is 9.53 Å². The van der Waals surface area contributed by atoms with Gasteiger partial charge in [-0.2, -0.15) is 5.10 Å². The standard InChI is InChI=1S/C19H26N4O2/c1-14-9-15(2)23(21-14)12-17-6-4-8-22(17)11-16-5-3-7-18(10-16)25-13-19(20)24/h3,5,7,9-10,17H,4,6,8,11-13H2,1-2H3,(H2,20,24). The molecule has 2 heterocycles. The van der Waals surface area contributed by atoms with Crippen molar-refractivity contribution in [2.45, 2.75) is 45.8 Å². The number of aromatic nitrogens is 2. The van der Waals surface area contributed by atoms with Gasteiger partial charge in [-0.15, -0.1) is 0 Å². The van der Waals surface area contributed by atoms with Crippen LogP contribution in [-0.2, 0) is 17.9 Å². The molecule has 1 unspecified atom stereocenters. The number of aryl methyl sites for hydroxylation is 2. The molecule has 0 aliphatic carbocycles. The summed E-state index contributed by atoms with van der Waals surface area (Å²) in [6, 6.07) is 10.5. The number of hydrogen-bond donors (Lipinski definition) is 1. The van der Waals surface area contributed by atoms with Crippen molar-refractivity contribution >= 4 is 5.91 Å². The van der Waals surface area contributed by atoms with E-state index >= 15 is 0 Å². The van der Waals surface area contributed by atoms with Crippen LogP contribution in [0.1, 0.15) is 29.8 Å². The summed E-state index contributed by atoms with van der Waals surface area (Å²) in [6.45, 7) is 6.95. The van der Waals surface area contributed by atoms with Gasteiger partial charge in [0.2, 0.25) is 0 Å². The summed E-state index contributed by atoms with van der Waals surface area (Å²) < 4.78 is 7.52. The predicted molar refractivity (Wildman–Crippen MR) is 96.3 cm³/mol. The number of carbonyl (C=O) groups is 1. The highest BCUT2D eigenvalue weighted by molar-refractivity contribution is 5.75. The Bertz CT molecular complexity index is 741. The molecule has 3 rings (SSSR count). The zero-order valence-corrected chi connectivity index (χ0v) is 14.9. The first-order valence-electron chi connectivity index (χ1n) is 8.76. The van der Waals surface area contributed by atoms with E-state index in [1.807, 2.05) is 25.1 Å². The smallest absolute Gasteiger partial charge is 0.255 e. The third-order valence-electron chi connectivity index (χ3n) is 4.65. The Morgan fingerprint density at radius 3 is 2.92 bits per heavy atom. The zero-order valence-electron chi connectivity index (χ0n) is 14.9. The molecule has 1 aromatic heterocycles. The quantitative estimate of drug-likeness (QED) is 0.835. The van der Waals surface area contributed by atoms with Crippen molar-refractivity contribution in [2.24, 2.45) is 5.73 Å². The first-order valence-corrected chi connectivity index (χ1v) is 8.76. The van der Waals surface area contributed by atoms with Gasteiger partial charge < -0.3 is 10.5 Å². The van der Waals surface area contributed by atoms with Gasteiger partial charge in [0.1, 0.15) is 5.75 Å². The Morgan fingerprint density at radius 1 is 1.36 bits per heavy atom. The fraction of sp³-hybridized carbons (Fsp3) is 0.474. The number of nitrogens with two attached hydrogens (primary N) is 1. The SMILES string of the molecule is Cc1cc(C)n(CC2CCCN2Cc2cccc(OCC(N)=O)c2)n1. The zero-order chi connectivity index (χ0) is 17.8. The van der Waals surface area contributed by atoms with Crippen LogP contribution in [0.15, 0.2) is 30.3 Å². The summed E-state index contributed by atoms with van der Waals surface area (Å²) in [7, 11) is 0. The van der Waals surface area contributed by atoms with Crippen LogP contribution < -0.4 is 10.5 Å². The van der Waals surface area contributed by atoms with Crippen LogP contribution in [0.2, 0.25) is 0 Å². The average molecular weight is 342 g/mol. The van der Waals surface area contributed by atoms with Crippen molar-refractivity contribution in [3.05, 3.63) is 47.3 Å². The van der Waals surface area contributed by atoms with Crippen molar-refractivity contribution in [2.75, 3.05) is 13.2 Å². The highest BCUT2D eigenvalue weighted by Gasteiger charge is 2.25. The van der Waals surface area contributed by atoms with Crippen molar-refractivity contribution in [3.8, 4) is 5.75 Å². The van der Waals surface area contributed by atoms with E-state index in [0.717, 1.165) is 25.3 Å². The Balaban J connectivity index is 1.64. The van der Waals surface area contributed by atoms with Gasteiger partial charge in [-0.25, -0.2) is 0 Å². The number of nitrogens with zero attached hydrogens (tertiary/aromatic N) is 3. The lowest BCUT2D eigenvalue weighted by molar-refractivity contribution is -0.119. The molecule has 1 fully saturated rings. The van der Waals surface area contributed by atoms with Crippen LogP contribution >= 0.6 is 0 Å². The van der Waals surface area contributed by atoms with Crippen LogP contribution in [0.3, 0.4) is 0 Å². The van der Waals surface area contributed by atoms with Gasteiger partial charge in [0.05, 0.1) is 12.2 Å². The molecule has 0 saturated carbocycles. The summed E-state index contributed by atoms with van der Waals surface area (Å²) >= 11 is 0. The number of likely N-dealkylation sites (tertiary alicyclic amines) is 1. The number of hydrogen-bond acceptors (Lipinski definition) is 4. The molecule has 1 aromatic carbocycles. The van der Waals surface area contributed by atoms with E-state index in [1.54, 1.807) is 0 Å². The highest BCUT2D eigenvalue weighted by Crippen LogP contribution is 2.23. The van der Waals surface area contributed by atoms with Crippen molar-refractivity contribution in [1.82, 2.24) is 14.7 Å². The number of ether oxygens (including phenoxy) is 1. The minimum Gasteiger partial charge on any atom is -0.484 e. The summed E-state index contributed by atoms with van der Waals surface area (Å²) in [4.78, 5) is 13.4. The normalized spacial score (nSPS) is 17.8. The third-order valence-corrected chi connectivity index (χ3v) is 4.65. The maximum Gasteiger partial charge on any atom is 0.255 e. The highest BCUT2D eigenvalue weighted by atomic mass is 16.5. The van der Waals surface area contributed by atoms with Crippen LogP contribution in [-0.4, -0.2) is 39.8 Å². The summed E-state index contributed by atoms with van der Waals surface area (Å²) in [5.74, 6) is 0.223. The maximum absolute atomic E-state index is 10.9. The maximum atomic E-state index is 10.9. The number of carbonyl (C=O) groups excluding carboxylic acids is 1.